The number of carbonyl (C=O) groups is 3. The van der Waals surface area contributed by atoms with E-state index in [0.29, 0.717) is 12.8 Å². The van der Waals surface area contributed by atoms with E-state index < -0.39 is 23.2 Å². The number of nitrogens with one attached hydrogen (secondary N) is 1. The highest BCUT2D eigenvalue weighted by atomic mass is 16.6. The van der Waals surface area contributed by atoms with E-state index in [4.69, 9.17) is 14.2 Å². The average molecular weight is 301 g/mol. The van der Waals surface area contributed by atoms with Crippen LogP contribution in [0.25, 0.3) is 0 Å². The molecule has 1 saturated carbocycles. The van der Waals surface area contributed by atoms with Crippen molar-refractivity contribution in [2.45, 2.75) is 51.7 Å². The van der Waals surface area contributed by atoms with E-state index in [1.807, 2.05) is 0 Å². The summed E-state index contributed by atoms with van der Waals surface area (Å²) in [5.74, 6) is -1.02. The Morgan fingerprint density at radius 1 is 1.29 bits per heavy atom. The molecule has 0 heterocycles. The molecule has 0 saturated heterocycles. The largest absolute Gasteiger partial charge is 0.467 e. The molecule has 0 aromatic carbocycles. The minimum atomic E-state index is -1.07. The van der Waals surface area contributed by atoms with Gasteiger partial charge in [0.25, 0.3) is 0 Å². The number of amides is 1. The predicted octanol–water partition coefficient (Wildman–Crippen LogP) is 1.40. The van der Waals surface area contributed by atoms with Crippen LogP contribution >= 0.6 is 0 Å². The Morgan fingerprint density at radius 2 is 1.90 bits per heavy atom. The van der Waals surface area contributed by atoms with Crippen LogP contribution in [0, 0.1) is 5.92 Å². The first-order valence-corrected chi connectivity index (χ1v) is 6.83. The number of hydrogen-bond acceptors (Lipinski definition) is 6. The molecule has 0 bridgehead atoms. The van der Waals surface area contributed by atoms with Crippen LogP contribution in [-0.4, -0.2) is 42.9 Å². The molecule has 1 N–H and O–H groups in total. The molecule has 2 atom stereocenters. The van der Waals surface area contributed by atoms with Crippen molar-refractivity contribution >= 4 is 18.0 Å². The fraction of sp³-hybridized carbons (Fsp3) is 0.786. The van der Waals surface area contributed by atoms with Crippen LogP contribution in [0.2, 0.25) is 0 Å². The lowest BCUT2D eigenvalue weighted by atomic mass is 10.1. The average Bonchev–Trinajstić information content (AvgIpc) is 2.99. The Balaban J connectivity index is 2.60. The number of hydrogen-bond donors (Lipinski definition) is 1. The van der Waals surface area contributed by atoms with Crippen LogP contribution in [0.5, 0.6) is 0 Å². The number of carbonyl (C=O) groups excluding carboxylic acids is 3. The summed E-state index contributed by atoms with van der Waals surface area (Å²) in [5.41, 5.74) is -1.72. The van der Waals surface area contributed by atoms with Crippen LogP contribution in [0.3, 0.4) is 0 Å². The summed E-state index contributed by atoms with van der Waals surface area (Å²) in [6, 6.07) is 0. The van der Waals surface area contributed by atoms with Gasteiger partial charge in [-0.15, -0.1) is 0 Å². The van der Waals surface area contributed by atoms with Gasteiger partial charge in [0.2, 0.25) is 0 Å². The third-order valence-corrected chi connectivity index (χ3v) is 3.15. The van der Waals surface area contributed by atoms with Gasteiger partial charge < -0.3 is 19.5 Å². The first kappa shape index (κ1) is 17.3. The van der Waals surface area contributed by atoms with Crippen molar-refractivity contribution in [3.8, 4) is 0 Å². The Kier molecular flexibility index (Phi) is 5.20. The van der Waals surface area contributed by atoms with Gasteiger partial charge in [0.15, 0.2) is 0 Å². The molecule has 0 radical (unpaired) electrons. The highest BCUT2D eigenvalue weighted by Crippen LogP contribution is 2.47. The highest BCUT2D eigenvalue weighted by Gasteiger charge is 2.62. The van der Waals surface area contributed by atoms with Gasteiger partial charge in [0.1, 0.15) is 11.1 Å². The van der Waals surface area contributed by atoms with Crippen molar-refractivity contribution in [2.75, 3.05) is 13.7 Å². The summed E-state index contributed by atoms with van der Waals surface area (Å²) in [7, 11) is 1.27. The van der Waals surface area contributed by atoms with E-state index >= 15 is 0 Å². The third-order valence-electron chi connectivity index (χ3n) is 3.15. The van der Waals surface area contributed by atoms with Gasteiger partial charge in [-0.2, -0.15) is 0 Å². The third kappa shape index (κ3) is 4.91. The molecule has 1 amide bonds. The lowest BCUT2D eigenvalue weighted by molar-refractivity contribution is -0.145. The van der Waals surface area contributed by atoms with E-state index in [9.17, 15) is 14.4 Å². The fourth-order valence-corrected chi connectivity index (χ4v) is 2.15. The lowest BCUT2D eigenvalue weighted by Crippen LogP contribution is -2.47. The summed E-state index contributed by atoms with van der Waals surface area (Å²) in [5, 5.41) is 2.59. The maximum Gasteiger partial charge on any atom is 0.408 e. The fourth-order valence-electron chi connectivity index (χ4n) is 2.15. The van der Waals surface area contributed by atoms with E-state index in [0.717, 1.165) is 0 Å². The summed E-state index contributed by atoms with van der Waals surface area (Å²) in [6.45, 7) is 6.74. The van der Waals surface area contributed by atoms with Crippen LogP contribution in [0.4, 0.5) is 4.79 Å². The van der Waals surface area contributed by atoms with Crippen LogP contribution in [-0.2, 0) is 23.8 Å². The zero-order valence-corrected chi connectivity index (χ0v) is 13.1. The number of ether oxygens (including phenoxy) is 3. The monoisotopic (exact) mass is 301 g/mol. The molecule has 0 aromatic heterocycles. The van der Waals surface area contributed by atoms with Gasteiger partial charge in [-0.25, -0.2) is 9.59 Å². The number of methoxy groups -OCH3 is 1. The second-order valence-electron chi connectivity index (χ2n) is 6.12. The smallest absolute Gasteiger partial charge is 0.408 e. The van der Waals surface area contributed by atoms with Gasteiger partial charge in [0, 0.05) is 6.92 Å². The molecule has 0 aliphatic heterocycles. The molecule has 1 aliphatic carbocycles. The maximum absolute atomic E-state index is 11.9. The summed E-state index contributed by atoms with van der Waals surface area (Å²) < 4.78 is 14.8. The van der Waals surface area contributed by atoms with Gasteiger partial charge in [0.05, 0.1) is 13.7 Å². The SMILES string of the molecule is COC(=O)[C@]1(NC(=O)OC(C)(C)C)C[C@H]1CCOC(C)=O. The summed E-state index contributed by atoms with van der Waals surface area (Å²) in [4.78, 5) is 34.5. The van der Waals surface area contributed by atoms with Crippen molar-refractivity contribution in [2.24, 2.45) is 5.92 Å². The van der Waals surface area contributed by atoms with Crippen LogP contribution < -0.4 is 5.32 Å². The number of esters is 2. The van der Waals surface area contributed by atoms with Crippen molar-refractivity contribution in [3.63, 3.8) is 0 Å². The molecule has 21 heavy (non-hydrogen) atoms. The van der Waals surface area contributed by atoms with E-state index in [1.54, 1.807) is 20.8 Å². The second-order valence-corrected chi connectivity index (χ2v) is 6.12. The minimum absolute atomic E-state index is 0.128. The van der Waals surface area contributed by atoms with Gasteiger partial charge in [-0.05, 0) is 39.5 Å². The summed E-state index contributed by atoms with van der Waals surface area (Å²) in [6.07, 6.45) is 0.257. The zero-order valence-electron chi connectivity index (χ0n) is 13.1. The predicted molar refractivity (Wildman–Crippen MR) is 73.5 cm³/mol. The molecule has 0 spiro atoms. The normalized spacial score (nSPS) is 24.0. The molecule has 1 aliphatic rings. The van der Waals surface area contributed by atoms with Crippen molar-refractivity contribution in [1.29, 1.82) is 0 Å². The Bertz CT molecular complexity index is 428. The van der Waals surface area contributed by atoms with Gasteiger partial charge in [-0.3, -0.25) is 4.79 Å². The van der Waals surface area contributed by atoms with E-state index in [2.05, 4.69) is 5.32 Å². The minimum Gasteiger partial charge on any atom is -0.467 e. The first-order valence-electron chi connectivity index (χ1n) is 6.83. The quantitative estimate of drug-likeness (QED) is 0.609. The van der Waals surface area contributed by atoms with Crippen molar-refractivity contribution in [3.05, 3.63) is 0 Å². The summed E-state index contributed by atoms with van der Waals surface area (Å²) >= 11 is 0. The van der Waals surface area contributed by atoms with E-state index in [-0.39, 0.29) is 18.5 Å². The Labute approximate surface area is 124 Å². The Hall–Kier alpha value is -1.79. The molecule has 7 nitrogen and oxygen atoms in total. The molecular formula is C14H23NO6. The van der Waals surface area contributed by atoms with Crippen LogP contribution in [0.1, 0.15) is 40.5 Å². The van der Waals surface area contributed by atoms with Crippen LogP contribution in [0.15, 0.2) is 0 Å². The Morgan fingerprint density at radius 3 is 2.38 bits per heavy atom. The lowest BCUT2D eigenvalue weighted by Gasteiger charge is -2.23. The number of rotatable bonds is 5. The van der Waals surface area contributed by atoms with E-state index in [1.165, 1.54) is 14.0 Å². The van der Waals surface area contributed by atoms with Gasteiger partial charge in [-0.1, -0.05) is 0 Å². The molecule has 0 unspecified atom stereocenters. The van der Waals surface area contributed by atoms with Crippen molar-refractivity contribution in [1.82, 2.24) is 5.32 Å². The van der Waals surface area contributed by atoms with Gasteiger partial charge >= 0.3 is 18.0 Å². The van der Waals surface area contributed by atoms with Crippen molar-refractivity contribution < 1.29 is 28.6 Å². The molecule has 1 fully saturated rings. The molecule has 120 valence electrons. The zero-order chi connectivity index (χ0) is 16.3. The first-order chi connectivity index (χ1) is 9.60. The standard InChI is InChI=1S/C14H23NO6/c1-9(16)20-7-6-10-8-14(10,11(17)19-5)15-12(18)21-13(2,3)4/h10H,6-8H2,1-5H3,(H,15,18)/t10-,14+/m1/s1. The topological polar surface area (TPSA) is 90.9 Å². The molecule has 7 heteroatoms. The number of alkyl carbamates (subject to hydrolysis) is 1. The molecule has 0 aromatic rings. The second kappa shape index (κ2) is 6.32. The molecule has 1 rings (SSSR count). The highest BCUT2D eigenvalue weighted by molar-refractivity contribution is 5.89. The maximum atomic E-state index is 11.9. The molecular weight excluding hydrogens is 278 g/mol.